The van der Waals surface area contributed by atoms with E-state index in [1.54, 1.807) is 0 Å². The van der Waals surface area contributed by atoms with Crippen molar-refractivity contribution in [2.75, 3.05) is 25.6 Å². The molecule has 0 saturated heterocycles. The van der Waals surface area contributed by atoms with Crippen LogP contribution >= 0.6 is 11.6 Å². The molecule has 0 aromatic heterocycles. The number of non-ortho nitro benzene ring substituents is 1. The lowest BCUT2D eigenvalue weighted by molar-refractivity contribution is -0.384. The number of amides is 1. The molecule has 20 heavy (non-hydrogen) atoms. The van der Waals surface area contributed by atoms with Crippen molar-refractivity contribution < 1.29 is 18.1 Å². The van der Waals surface area contributed by atoms with E-state index in [4.69, 9.17) is 11.6 Å². The van der Waals surface area contributed by atoms with Crippen LogP contribution in [0.4, 0.5) is 5.69 Å². The van der Waals surface area contributed by atoms with Gasteiger partial charge < -0.3 is 4.90 Å². The normalized spacial score (nSPS) is 11.2. The molecule has 0 N–H and O–H groups in total. The Hall–Kier alpha value is -1.67. The van der Waals surface area contributed by atoms with E-state index in [0.717, 1.165) is 12.3 Å². The molecule has 0 saturated carbocycles. The lowest BCUT2D eigenvalue weighted by atomic mass is 10.2. The minimum Gasteiger partial charge on any atom is -0.341 e. The van der Waals surface area contributed by atoms with Crippen molar-refractivity contribution in [3.05, 3.63) is 38.9 Å². The maximum Gasteiger partial charge on any atom is 0.270 e. The summed E-state index contributed by atoms with van der Waals surface area (Å²) in [5, 5.41) is 10.5. The second kappa shape index (κ2) is 6.19. The Morgan fingerprint density at radius 2 is 2.05 bits per heavy atom. The Morgan fingerprint density at radius 3 is 2.50 bits per heavy atom. The molecule has 0 spiro atoms. The first-order chi connectivity index (χ1) is 9.11. The summed E-state index contributed by atoms with van der Waals surface area (Å²) in [5.41, 5.74) is -0.126. The Bertz CT molecular complexity index is 644. The zero-order valence-electron chi connectivity index (χ0n) is 10.9. The third-order valence-corrected chi connectivity index (χ3v) is 3.77. The Morgan fingerprint density at radius 1 is 1.45 bits per heavy atom. The molecule has 1 rings (SSSR count). The number of halogens is 1. The van der Waals surface area contributed by atoms with Gasteiger partial charge in [0.05, 0.1) is 21.3 Å². The monoisotopic (exact) mass is 320 g/mol. The Labute approximate surface area is 121 Å². The molecule has 0 bridgehead atoms. The second-order valence-corrected chi connectivity index (χ2v) is 6.94. The van der Waals surface area contributed by atoms with Crippen molar-refractivity contribution in [3.63, 3.8) is 0 Å². The van der Waals surface area contributed by atoms with Gasteiger partial charge in [-0.2, -0.15) is 0 Å². The molecule has 1 aromatic carbocycles. The predicted molar refractivity (Wildman–Crippen MR) is 74.8 cm³/mol. The van der Waals surface area contributed by atoms with E-state index in [1.807, 2.05) is 0 Å². The van der Waals surface area contributed by atoms with Gasteiger partial charge in [-0.1, -0.05) is 11.6 Å². The molecule has 0 aliphatic heterocycles. The summed E-state index contributed by atoms with van der Waals surface area (Å²) < 4.78 is 22.1. The second-order valence-electron chi connectivity index (χ2n) is 4.28. The van der Waals surface area contributed by atoms with Crippen LogP contribution in [0.2, 0.25) is 5.02 Å². The van der Waals surface area contributed by atoms with E-state index in [-0.39, 0.29) is 28.6 Å². The molecule has 0 radical (unpaired) electrons. The first-order valence-corrected chi connectivity index (χ1v) is 7.93. The quantitative estimate of drug-likeness (QED) is 0.602. The van der Waals surface area contributed by atoms with Gasteiger partial charge in [-0.15, -0.1) is 0 Å². The fraction of sp³-hybridized carbons (Fsp3) is 0.364. The van der Waals surface area contributed by atoms with Gasteiger partial charge in [0.1, 0.15) is 9.84 Å². The molecular formula is C11H13ClN2O5S. The molecule has 7 nitrogen and oxygen atoms in total. The highest BCUT2D eigenvalue weighted by Crippen LogP contribution is 2.23. The van der Waals surface area contributed by atoms with Crippen LogP contribution in [0.5, 0.6) is 0 Å². The van der Waals surface area contributed by atoms with Crippen LogP contribution in [0.25, 0.3) is 0 Å². The van der Waals surface area contributed by atoms with E-state index in [1.165, 1.54) is 24.1 Å². The van der Waals surface area contributed by atoms with Gasteiger partial charge >= 0.3 is 0 Å². The summed E-state index contributed by atoms with van der Waals surface area (Å²) in [4.78, 5) is 23.2. The molecule has 9 heteroatoms. The van der Waals surface area contributed by atoms with Crippen molar-refractivity contribution in [3.8, 4) is 0 Å². The zero-order chi connectivity index (χ0) is 15.5. The molecule has 0 aliphatic carbocycles. The highest BCUT2D eigenvalue weighted by Gasteiger charge is 2.18. The molecule has 0 heterocycles. The number of nitrogens with zero attached hydrogens (tertiary/aromatic N) is 2. The van der Waals surface area contributed by atoms with Crippen molar-refractivity contribution in [2.24, 2.45) is 0 Å². The van der Waals surface area contributed by atoms with Crippen LogP contribution < -0.4 is 0 Å². The summed E-state index contributed by atoms with van der Waals surface area (Å²) in [6, 6.07) is 3.50. The first-order valence-electron chi connectivity index (χ1n) is 5.49. The first kappa shape index (κ1) is 16.4. The number of rotatable bonds is 5. The van der Waals surface area contributed by atoms with Crippen LogP contribution in [0, 0.1) is 10.1 Å². The minimum atomic E-state index is -3.18. The number of nitro benzene ring substituents is 1. The predicted octanol–water partition coefficient (Wildman–Crippen LogP) is 1.36. The van der Waals surface area contributed by atoms with Gasteiger partial charge in [0.15, 0.2) is 0 Å². The fourth-order valence-electron chi connectivity index (χ4n) is 1.40. The topological polar surface area (TPSA) is 97.6 Å². The Kier molecular flexibility index (Phi) is 5.07. The number of carbonyl (C=O) groups is 1. The lowest BCUT2D eigenvalue weighted by Crippen LogP contribution is -2.31. The summed E-state index contributed by atoms with van der Waals surface area (Å²) in [6.07, 6.45) is 1.07. The van der Waals surface area contributed by atoms with E-state index in [9.17, 15) is 23.3 Å². The largest absolute Gasteiger partial charge is 0.341 e. The fourth-order valence-corrected chi connectivity index (χ4v) is 2.26. The summed E-state index contributed by atoms with van der Waals surface area (Å²) in [6.45, 7) is 0.0188. The van der Waals surface area contributed by atoms with E-state index >= 15 is 0 Å². The summed E-state index contributed by atoms with van der Waals surface area (Å²) in [7, 11) is -1.74. The van der Waals surface area contributed by atoms with Crippen LogP contribution in [0.1, 0.15) is 10.4 Å². The number of hydrogen-bond acceptors (Lipinski definition) is 5. The average molecular weight is 321 g/mol. The van der Waals surface area contributed by atoms with E-state index < -0.39 is 20.7 Å². The SMILES string of the molecule is CN(CCS(C)(=O)=O)C(=O)c1ccc([N+](=O)[O-])cc1Cl. The van der Waals surface area contributed by atoms with Gasteiger partial charge in [-0.05, 0) is 6.07 Å². The lowest BCUT2D eigenvalue weighted by Gasteiger charge is -2.17. The maximum absolute atomic E-state index is 12.0. The van der Waals surface area contributed by atoms with Crippen molar-refractivity contribution >= 4 is 33.0 Å². The Balaban J connectivity index is 2.89. The maximum atomic E-state index is 12.0. The van der Waals surface area contributed by atoms with E-state index in [0.29, 0.717) is 0 Å². The van der Waals surface area contributed by atoms with E-state index in [2.05, 4.69) is 0 Å². The van der Waals surface area contributed by atoms with Crippen LogP contribution in [-0.4, -0.2) is 49.7 Å². The standard InChI is InChI=1S/C11H13ClN2O5S/c1-13(5-6-20(2,18)19)11(15)9-4-3-8(14(16)17)7-10(9)12/h3-4,7H,5-6H2,1-2H3. The van der Waals surface area contributed by atoms with Crippen LogP contribution in [-0.2, 0) is 9.84 Å². The van der Waals surface area contributed by atoms with Gasteiger partial charge in [0.25, 0.3) is 11.6 Å². The molecule has 0 fully saturated rings. The molecule has 110 valence electrons. The smallest absolute Gasteiger partial charge is 0.270 e. The third-order valence-electron chi connectivity index (χ3n) is 2.54. The molecule has 0 aliphatic rings. The van der Waals surface area contributed by atoms with Crippen molar-refractivity contribution in [1.29, 1.82) is 0 Å². The highest BCUT2D eigenvalue weighted by molar-refractivity contribution is 7.90. The number of hydrogen-bond donors (Lipinski definition) is 0. The third kappa shape index (κ3) is 4.46. The molecule has 0 atom stereocenters. The molecule has 1 amide bonds. The number of carbonyl (C=O) groups excluding carboxylic acids is 1. The zero-order valence-corrected chi connectivity index (χ0v) is 12.4. The van der Waals surface area contributed by atoms with Gasteiger partial charge in [0, 0.05) is 32.0 Å². The average Bonchev–Trinajstić information content (AvgIpc) is 2.34. The van der Waals surface area contributed by atoms with Gasteiger partial charge in [0.2, 0.25) is 0 Å². The number of benzene rings is 1. The van der Waals surface area contributed by atoms with Crippen LogP contribution in [0.15, 0.2) is 18.2 Å². The molecule has 1 aromatic rings. The van der Waals surface area contributed by atoms with Crippen LogP contribution in [0.3, 0.4) is 0 Å². The minimum absolute atomic E-state index is 0.0188. The number of sulfone groups is 1. The van der Waals surface area contributed by atoms with Crippen molar-refractivity contribution in [1.82, 2.24) is 4.90 Å². The van der Waals surface area contributed by atoms with Crippen molar-refractivity contribution in [2.45, 2.75) is 0 Å². The molecule has 0 unspecified atom stereocenters. The number of nitro groups is 1. The van der Waals surface area contributed by atoms with Gasteiger partial charge in [-0.25, -0.2) is 8.42 Å². The molecular weight excluding hydrogens is 308 g/mol. The van der Waals surface area contributed by atoms with Gasteiger partial charge in [-0.3, -0.25) is 14.9 Å². The summed E-state index contributed by atoms with van der Waals surface area (Å²) >= 11 is 5.83. The highest BCUT2D eigenvalue weighted by atomic mass is 35.5. The summed E-state index contributed by atoms with van der Waals surface area (Å²) in [5.74, 6) is -0.659.